The molecule has 0 heterocycles. The van der Waals surface area contributed by atoms with Gasteiger partial charge in [-0.05, 0) is 86.9 Å². The third-order valence-corrected chi connectivity index (χ3v) is 7.40. The maximum atomic E-state index is 9.55. The quantitative estimate of drug-likeness (QED) is 0.721. The van der Waals surface area contributed by atoms with E-state index in [2.05, 4.69) is 0 Å². The molecule has 4 fully saturated rings. The normalized spacial score (nSPS) is 55.9. The molecule has 0 aromatic rings. The minimum Gasteiger partial charge on any atom is -0.368 e. The minimum absolute atomic E-state index is 0.581. The van der Waals surface area contributed by atoms with E-state index in [-0.39, 0.29) is 0 Å². The number of aliphatic hydroxyl groups excluding tert-OH is 1. The van der Waals surface area contributed by atoms with Gasteiger partial charge in [-0.3, -0.25) is 0 Å². The molecule has 0 spiro atoms. The lowest BCUT2D eigenvalue weighted by atomic mass is 9.53. The number of hydrogen-bond donors (Lipinski definition) is 2. The van der Waals surface area contributed by atoms with Crippen LogP contribution in [0.4, 0.5) is 0 Å². The summed E-state index contributed by atoms with van der Waals surface area (Å²) in [5.74, 6) is 4.27. The van der Waals surface area contributed by atoms with E-state index in [4.69, 9.17) is 1.37 Å². The summed E-state index contributed by atoms with van der Waals surface area (Å²) in [6.45, 7) is 0. The Morgan fingerprint density at radius 1 is 0.700 bits per heavy atom. The summed E-state index contributed by atoms with van der Waals surface area (Å²) in [6.07, 6.45) is 10.9. The van der Waals surface area contributed by atoms with Crippen LogP contribution < -0.4 is 0 Å². The van der Waals surface area contributed by atoms with Gasteiger partial charge in [-0.1, -0.05) is 12.8 Å². The maximum Gasteiger partial charge on any atom is 0.154 e. The van der Waals surface area contributed by atoms with Crippen molar-refractivity contribution >= 4 is 0 Å². The first kappa shape index (κ1) is 12.5. The van der Waals surface area contributed by atoms with Gasteiger partial charge in [-0.25, -0.2) is 0 Å². The van der Waals surface area contributed by atoms with Crippen LogP contribution in [0.1, 0.15) is 65.6 Å². The van der Waals surface area contributed by atoms with Crippen molar-refractivity contribution in [3.63, 3.8) is 0 Å². The fraction of sp³-hybridized carbons (Fsp3) is 1.00. The highest BCUT2D eigenvalue weighted by Gasteiger charge is 2.49. The zero-order chi connectivity index (χ0) is 14.6. The van der Waals surface area contributed by atoms with Gasteiger partial charge in [0.1, 0.15) is 0 Å². The molecule has 7 atom stereocenters. The lowest BCUT2D eigenvalue weighted by Gasteiger charge is -2.53. The first-order valence-electron chi connectivity index (χ1n) is 9.44. The monoisotopic (exact) mass is 280 g/mol. The Morgan fingerprint density at radius 3 is 2.10 bits per heavy atom. The molecule has 0 saturated heterocycles. The molecule has 20 heavy (non-hydrogen) atoms. The average molecular weight is 280 g/mol. The van der Waals surface area contributed by atoms with E-state index in [0.717, 1.165) is 36.0 Å². The third kappa shape index (κ3) is 2.14. The Hall–Kier alpha value is -0.0800. The molecule has 0 bridgehead atoms. The summed E-state index contributed by atoms with van der Waals surface area (Å²) >= 11 is 0. The van der Waals surface area contributed by atoms with Crippen LogP contribution in [0.25, 0.3) is 0 Å². The second-order valence-electron chi connectivity index (χ2n) is 8.04. The number of rotatable bonds is 1. The Bertz CT molecular complexity index is 399. The predicted octanol–water partition coefficient (Wildman–Crippen LogP) is 3.57. The van der Waals surface area contributed by atoms with Crippen LogP contribution in [0.3, 0.4) is 0 Å². The van der Waals surface area contributed by atoms with Crippen molar-refractivity contribution in [2.45, 2.75) is 70.5 Å². The van der Waals surface area contributed by atoms with Gasteiger partial charge in [-0.15, -0.1) is 0 Å². The highest BCUT2D eigenvalue weighted by Crippen LogP contribution is 2.58. The molecule has 2 nitrogen and oxygen atoms in total. The van der Waals surface area contributed by atoms with Crippen molar-refractivity contribution in [1.82, 2.24) is 0 Å². The van der Waals surface area contributed by atoms with Crippen molar-refractivity contribution in [1.29, 1.82) is 0 Å². The molecular formula is C18H30O2. The molecule has 4 saturated carbocycles. The lowest BCUT2D eigenvalue weighted by Crippen LogP contribution is -2.45. The van der Waals surface area contributed by atoms with Gasteiger partial charge >= 0.3 is 0 Å². The lowest BCUT2D eigenvalue weighted by molar-refractivity contribution is -0.118. The first-order valence-corrected chi connectivity index (χ1v) is 8.94. The number of fused-ring (bicyclic) bond motifs is 5. The molecule has 2 unspecified atom stereocenters. The number of hydrogen-bond acceptors (Lipinski definition) is 2. The average Bonchev–Trinajstić information content (AvgIpc) is 2.95. The van der Waals surface area contributed by atoms with Crippen molar-refractivity contribution in [2.75, 3.05) is 0 Å². The zero-order valence-corrected chi connectivity index (χ0v) is 12.5. The van der Waals surface area contributed by atoms with Crippen LogP contribution in [0.2, 0.25) is 0 Å². The molecule has 2 heteroatoms. The second-order valence-corrected chi connectivity index (χ2v) is 8.04. The first-order chi connectivity index (χ1) is 10.1. The molecule has 0 aromatic heterocycles. The highest BCUT2D eigenvalue weighted by molar-refractivity contribution is 4.99. The molecule has 0 aromatic carbocycles. The molecule has 4 rings (SSSR count). The fourth-order valence-corrected chi connectivity index (χ4v) is 6.58. The molecule has 0 radical (unpaired) electrons. The Labute approximate surface area is 124 Å². The van der Waals surface area contributed by atoms with Crippen molar-refractivity contribution in [3.05, 3.63) is 0 Å². The molecule has 0 aliphatic heterocycles. The standard InChI is InChI=1S/C18H30O2/c19-18(20)13-6-7-15-12(10-13)5-9-16-14-3-1-2-11(14)4-8-17(15)16/h11-20H,1-10H2/t11-,12?,13?,14+,15-,16-,17+/m0/s1/i13T. The summed E-state index contributed by atoms with van der Waals surface area (Å²) in [6, 6.07) is 0. The van der Waals surface area contributed by atoms with E-state index >= 15 is 0 Å². The topological polar surface area (TPSA) is 40.5 Å². The molecule has 2 N–H and O–H groups in total. The van der Waals surface area contributed by atoms with Gasteiger partial charge in [0.15, 0.2) is 6.29 Å². The molecule has 0 amide bonds. The van der Waals surface area contributed by atoms with Gasteiger partial charge < -0.3 is 10.2 Å². The van der Waals surface area contributed by atoms with E-state index in [9.17, 15) is 10.2 Å². The second kappa shape index (κ2) is 5.28. The summed E-state index contributed by atoms with van der Waals surface area (Å²) < 4.78 is 8.35. The van der Waals surface area contributed by atoms with Gasteiger partial charge in [0.25, 0.3) is 0 Å². The van der Waals surface area contributed by atoms with Gasteiger partial charge in [0.05, 0.1) is 0 Å². The Kier molecular flexibility index (Phi) is 3.29. The molecule has 4 aliphatic rings. The number of aliphatic hydroxyl groups is 2. The van der Waals surface area contributed by atoms with E-state index in [0.29, 0.717) is 18.8 Å². The SMILES string of the molecule is [3H]C1(C(O)O)CC[C@H]2C(CC[C@H]3[C@@H]4CCC[C@H]4CC[C@@H]32)C1. The summed E-state index contributed by atoms with van der Waals surface area (Å²) in [7, 11) is 0. The summed E-state index contributed by atoms with van der Waals surface area (Å²) in [4.78, 5) is 0. The molecule has 4 aliphatic carbocycles. The molecule has 114 valence electrons. The van der Waals surface area contributed by atoms with Gasteiger partial charge in [0, 0.05) is 7.26 Å². The van der Waals surface area contributed by atoms with Gasteiger partial charge in [0.2, 0.25) is 0 Å². The van der Waals surface area contributed by atoms with Crippen LogP contribution in [-0.4, -0.2) is 16.5 Å². The largest absolute Gasteiger partial charge is 0.368 e. The van der Waals surface area contributed by atoms with E-state index < -0.39 is 12.2 Å². The fourth-order valence-electron chi connectivity index (χ4n) is 6.58. The van der Waals surface area contributed by atoms with E-state index in [1.54, 1.807) is 0 Å². The van der Waals surface area contributed by atoms with E-state index in [1.807, 2.05) is 0 Å². The Balaban J connectivity index is 1.50. The van der Waals surface area contributed by atoms with Crippen molar-refractivity contribution < 1.29 is 11.6 Å². The minimum atomic E-state index is -1.46. The van der Waals surface area contributed by atoms with Gasteiger partial charge in [-0.2, -0.15) is 0 Å². The smallest absolute Gasteiger partial charge is 0.154 e. The van der Waals surface area contributed by atoms with Crippen molar-refractivity contribution in [2.24, 2.45) is 41.4 Å². The maximum absolute atomic E-state index is 9.55. The summed E-state index contributed by atoms with van der Waals surface area (Å²) in [5.41, 5.74) is 0. The highest BCUT2D eigenvalue weighted by atomic mass is 16.5. The Morgan fingerprint density at radius 2 is 1.35 bits per heavy atom. The van der Waals surface area contributed by atoms with Crippen LogP contribution in [0, 0.1) is 41.4 Å². The summed E-state index contributed by atoms with van der Waals surface area (Å²) in [5, 5.41) is 19.1. The van der Waals surface area contributed by atoms with Crippen molar-refractivity contribution in [3.8, 4) is 0 Å². The van der Waals surface area contributed by atoms with Crippen LogP contribution >= 0.6 is 0 Å². The predicted molar refractivity (Wildman–Crippen MR) is 78.8 cm³/mol. The van der Waals surface area contributed by atoms with Crippen LogP contribution in [0.15, 0.2) is 0 Å². The van der Waals surface area contributed by atoms with E-state index in [1.165, 1.54) is 44.9 Å². The van der Waals surface area contributed by atoms with Crippen LogP contribution in [0.5, 0.6) is 0 Å². The molecular weight excluding hydrogens is 248 g/mol. The third-order valence-electron chi connectivity index (χ3n) is 7.40. The van der Waals surface area contributed by atoms with Crippen LogP contribution in [-0.2, 0) is 0 Å². The zero-order valence-electron chi connectivity index (χ0n) is 13.5.